The molecule has 7 heteroatoms. The Bertz CT molecular complexity index is 514. The van der Waals surface area contributed by atoms with Crippen LogP contribution in [0, 0.1) is 11.3 Å². The first kappa shape index (κ1) is 12.6. The van der Waals surface area contributed by atoms with Crippen LogP contribution in [-0.4, -0.2) is 41.7 Å². The molecular weight excluding hydrogens is 256 g/mol. The van der Waals surface area contributed by atoms with Crippen molar-refractivity contribution in [2.45, 2.75) is 6.04 Å². The van der Waals surface area contributed by atoms with Crippen molar-refractivity contribution in [3.63, 3.8) is 0 Å². The van der Waals surface area contributed by atoms with Gasteiger partial charge in [0.25, 0.3) is 0 Å². The van der Waals surface area contributed by atoms with E-state index in [0.717, 1.165) is 0 Å². The Morgan fingerprint density at radius 2 is 2.50 bits per heavy atom. The topological polar surface area (TPSA) is 89.3 Å². The number of carboxylic acid groups (broad SMARTS) is 1. The van der Waals surface area contributed by atoms with E-state index in [1.807, 2.05) is 6.07 Å². The second-order valence-corrected chi connectivity index (χ2v) is 4.24. The second kappa shape index (κ2) is 5.21. The van der Waals surface area contributed by atoms with Crippen LogP contribution in [-0.2, 0) is 4.79 Å². The molecule has 1 aromatic rings. The van der Waals surface area contributed by atoms with Crippen molar-refractivity contribution in [2.24, 2.45) is 0 Å². The Kier molecular flexibility index (Phi) is 3.65. The summed E-state index contributed by atoms with van der Waals surface area (Å²) in [4.78, 5) is 16.9. The van der Waals surface area contributed by atoms with E-state index in [0.29, 0.717) is 31.0 Å². The lowest BCUT2D eigenvalue weighted by molar-refractivity contribution is -0.138. The fourth-order valence-electron chi connectivity index (χ4n) is 1.90. The number of nitrogens with one attached hydrogen (secondary N) is 1. The average Bonchev–Trinajstić information content (AvgIpc) is 2.39. The second-order valence-electron chi connectivity index (χ2n) is 3.86. The van der Waals surface area contributed by atoms with E-state index in [1.54, 1.807) is 4.90 Å². The molecule has 0 radical (unpaired) electrons. The van der Waals surface area contributed by atoms with Crippen LogP contribution in [0.25, 0.3) is 0 Å². The van der Waals surface area contributed by atoms with Crippen LogP contribution in [0.1, 0.15) is 5.56 Å². The van der Waals surface area contributed by atoms with Crippen molar-refractivity contribution in [2.75, 3.05) is 24.5 Å². The molecule has 0 amide bonds. The predicted octanol–water partition coefficient (Wildman–Crippen LogP) is 0.469. The number of carbonyl (C=O) groups is 1. The number of hydrogen-bond acceptors (Lipinski definition) is 5. The summed E-state index contributed by atoms with van der Waals surface area (Å²) < 4.78 is 0. The Labute approximate surface area is 109 Å². The maximum absolute atomic E-state index is 11.2. The maximum atomic E-state index is 11.2. The van der Waals surface area contributed by atoms with Gasteiger partial charge in [0.1, 0.15) is 23.0 Å². The highest BCUT2D eigenvalue weighted by Gasteiger charge is 2.31. The smallest absolute Gasteiger partial charge is 0.327 e. The first-order valence-corrected chi connectivity index (χ1v) is 5.77. The number of hydrogen-bond donors (Lipinski definition) is 2. The normalized spacial score (nSPS) is 19.3. The molecule has 0 aliphatic carbocycles. The molecule has 1 atom stereocenters. The number of carboxylic acids is 1. The van der Waals surface area contributed by atoms with Crippen molar-refractivity contribution >= 4 is 23.4 Å². The summed E-state index contributed by atoms with van der Waals surface area (Å²) in [7, 11) is 0. The number of anilines is 1. The van der Waals surface area contributed by atoms with Crippen LogP contribution in [0.2, 0.25) is 5.02 Å². The monoisotopic (exact) mass is 266 g/mol. The molecule has 0 bridgehead atoms. The number of nitriles is 1. The Morgan fingerprint density at radius 1 is 1.72 bits per heavy atom. The Hall–Kier alpha value is -1.84. The molecule has 18 heavy (non-hydrogen) atoms. The van der Waals surface area contributed by atoms with Crippen LogP contribution >= 0.6 is 11.6 Å². The minimum Gasteiger partial charge on any atom is -0.480 e. The minimum atomic E-state index is -0.942. The van der Waals surface area contributed by atoms with Crippen molar-refractivity contribution in [3.05, 3.63) is 22.8 Å². The molecule has 1 fully saturated rings. The fourth-order valence-corrected chi connectivity index (χ4v) is 2.16. The quantitative estimate of drug-likeness (QED) is 0.809. The predicted molar refractivity (Wildman–Crippen MR) is 65.6 cm³/mol. The van der Waals surface area contributed by atoms with E-state index < -0.39 is 12.0 Å². The van der Waals surface area contributed by atoms with E-state index in [-0.39, 0.29) is 5.02 Å². The average molecular weight is 267 g/mol. The number of pyridine rings is 1. The molecule has 1 aliphatic rings. The number of nitrogens with zero attached hydrogens (tertiary/aromatic N) is 3. The lowest BCUT2D eigenvalue weighted by Crippen LogP contribution is -2.55. The number of piperazine rings is 1. The van der Waals surface area contributed by atoms with Crippen molar-refractivity contribution in [1.82, 2.24) is 10.3 Å². The van der Waals surface area contributed by atoms with Gasteiger partial charge in [-0.25, -0.2) is 9.78 Å². The molecule has 2 heterocycles. The first-order chi connectivity index (χ1) is 8.65. The zero-order valence-corrected chi connectivity index (χ0v) is 10.2. The molecule has 0 aromatic carbocycles. The Balaban J connectivity index is 2.40. The van der Waals surface area contributed by atoms with E-state index >= 15 is 0 Å². The summed E-state index contributed by atoms with van der Waals surface area (Å²) in [6.45, 7) is 1.46. The summed E-state index contributed by atoms with van der Waals surface area (Å²) in [6, 6.07) is 2.74. The molecule has 2 rings (SSSR count). The molecular formula is C11H11ClN4O2. The zero-order valence-electron chi connectivity index (χ0n) is 9.43. The Morgan fingerprint density at radius 3 is 3.17 bits per heavy atom. The van der Waals surface area contributed by atoms with Gasteiger partial charge in [0.2, 0.25) is 0 Å². The number of aromatic nitrogens is 1. The first-order valence-electron chi connectivity index (χ1n) is 5.40. The molecule has 2 N–H and O–H groups in total. The molecule has 1 saturated heterocycles. The largest absolute Gasteiger partial charge is 0.480 e. The third-order valence-corrected chi connectivity index (χ3v) is 3.16. The van der Waals surface area contributed by atoms with Crippen molar-refractivity contribution in [3.8, 4) is 6.07 Å². The summed E-state index contributed by atoms with van der Waals surface area (Å²) in [6.07, 6.45) is 1.46. The standard InChI is InChI=1S/C11H11ClN4O2/c12-9-7(5-13)1-2-15-10(9)16-4-3-14-6-8(16)11(17)18/h1-2,8,14H,3-4,6H2,(H,17,18). The third kappa shape index (κ3) is 2.23. The number of rotatable bonds is 2. The fraction of sp³-hybridized carbons (Fsp3) is 0.364. The molecule has 0 saturated carbocycles. The van der Waals surface area contributed by atoms with Crippen LogP contribution in [0.15, 0.2) is 12.3 Å². The van der Waals surface area contributed by atoms with Gasteiger partial charge in [-0.3, -0.25) is 0 Å². The molecule has 6 nitrogen and oxygen atoms in total. The summed E-state index contributed by atoms with van der Waals surface area (Å²) in [5, 5.41) is 21.3. The van der Waals surface area contributed by atoms with E-state index in [2.05, 4.69) is 10.3 Å². The van der Waals surface area contributed by atoms with Crippen LogP contribution < -0.4 is 10.2 Å². The minimum absolute atomic E-state index is 0.202. The SMILES string of the molecule is N#Cc1ccnc(N2CCNCC2C(=O)O)c1Cl. The van der Waals surface area contributed by atoms with Gasteiger partial charge in [0.05, 0.1) is 5.56 Å². The maximum Gasteiger partial charge on any atom is 0.327 e. The van der Waals surface area contributed by atoms with Crippen molar-refractivity contribution in [1.29, 1.82) is 5.26 Å². The zero-order chi connectivity index (χ0) is 13.1. The highest BCUT2D eigenvalue weighted by molar-refractivity contribution is 6.34. The van der Waals surface area contributed by atoms with Gasteiger partial charge in [0, 0.05) is 25.8 Å². The van der Waals surface area contributed by atoms with Gasteiger partial charge in [-0.15, -0.1) is 0 Å². The van der Waals surface area contributed by atoms with Crippen LogP contribution in [0.3, 0.4) is 0 Å². The summed E-state index contributed by atoms with van der Waals surface area (Å²) >= 11 is 6.07. The molecule has 1 unspecified atom stereocenters. The molecule has 1 aliphatic heterocycles. The summed E-state index contributed by atoms with van der Waals surface area (Å²) in [5.41, 5.74) is 0.296. The van der Waals surface area contributed by atoms with Crippen molar-refractivity contribution < 1.29 is 9.90 Å². The number of halogens is 1. The highest BCUT2D eigenvalue weighted by Crippen LogP contribution is 2.28. The van der Waals surface area contributed by atoms with E-state index in [4.69, 9.17) is 22.0 Å². The van der Waals surface area contributed by atoms with Gasteiger partial charge in [0.15, 0.2) is 0 Å². The highest BCUT2D eigenvalue weighted by atomic mass is 35.5. The number of aliphatic carboxylic acids is 1. The van der Waals surface area contributed by atoms with Crippen LogP contribution in [0.5, 0.6) is 0 Å². The van der Waals surface area contributed by atoms with Gasteiger partial charge in [-0.05, 0) is 6.07 Å². The molecule has 0 spiro atoms. The third-order valence-electron chi connectivity index (χ3n) is 2.79. The van der Waals surface area contributed by atoms with Gasteiger partial charge < -0.3 is 15.3 Å². The van der Waals surface area contributed by atoms with Crippen LogP contribution in [0.4, 0.5) is 5.82 Å². The van der Waals surface area contributed by atoms with Gasteiger partial charge in [-0.1, -0.05) is 11.6 Å². The van der Waals surface area contributed by atoms with E-state index in [1.165, 1.54) is 12.3 Å². The molecule has 94 valence electrons. The van der Waals surface area contributed by atoms with E-state index in [9.17, 15) is 4.79 Å². The summed E-state index contributed by atoms with van der Waals surface area (Å²) in [5.74, 6) is -0.591. The lowest BCUT2D eigenvalue weighted by atomic mass is 10.1. The van der Waals surface area contributed by atoms with Gasteiger partial charge >= 0.3 is 5.97 Å². The van der Waals surface area contributed by atoms with Gasteiger partial charge in [-0.2, -0.15) is 5.26 Å². The molecule has 1 aromatic heterocycles. The lowest BCUT2D eigenvalue weighted by Gasteiger charge is -2.34.